The van der Waals surface area contributed by atoms with E-state index in [1.807, 2.05) is 6.92 Å². The number of ether oxygens (including phenoxy) is 1. The van der Waals surface area contributed by atoms with Crippen molar-refractivity contribution in [3.63, 3.8) is 0 Å². The Labute approximate surface area is 118 Å². The van der Waals surface area contributed by atoms with Crippen molar-refractivity contribution in [3.8, 4) is 11.5 Å². The lowest BCUT2D eigenvalue weighted by atomic mass is 10.1. The van der Waals surface area contributed by atoms with Crippen molar-refractivity contribution < 1.29 is 14.6 Å². The molecule has 1 aliphatic rings. The predicted molar refractivity (Wildman–Crippen MR) is 77.0 cm³/mol. The molecule has 5 nitrogen and oxygen atoms in total. The highest BCUT2D eigenvalue weighted by molar-refractivity contribution is 5.86. The van der Waals surface area contributed by atoms with E-state index in [4.69, 9.17) is 4.74 Å². The second kappa shape index (κ2) is 6.93. The van der Waals surface area contributed by atoms with Crippen LogP contribution < -0.4 is 10.2 Å². The van der Waals surface area contributed by atoms with Crippen molar-refractivity contribution >= 4 is 12.1 Å². The number of aromatic hydroxyl groups is 1. The summed E-state index contributed by atoms with van der Waals surface area (Å²) in [6.45, 7) is 2.33. The molecule has 1 aromatic carbocycles. The van der Waals surface area contributed by atoms with E-state index in [1.165, 1.54) is 6.21 Å². The number of phenolic OH excluding ortho intramolecular Hbond substituents is 1. The number of para-hydroxylation sites is 1. The van der Waals surface area contributed by atoms with Gasteiger partial charge in [-0.1, -0.05) is 18.9 Å². The van der Waals surface area contributed by atoms with Crippen LogP contribution in [0.5, 0.6) is 11.5 Å². The van der Waals surface area contributed by atoms with E-state index in [0.717, 1.165) is 25.7 Å². The molecule has 0 unspecified atom stereocenters. The van der Waals surface area contributed by atoms with E-state index >= 15 is 0 Å². The fourth-order valence-electron chi connectivity index (χ4n) is 2.36. The number of carbonyl (C=O) groups is 1. The molecule has 1 aromatic rings. The quantitative estimate of drug-likeness (QED) is 0.641. The highest BCUT2D eigenvalue weighted by Crippen LogP contribution is 2.28. The van der Waals surface area contributed by atoms with Gasteiger partial charge in [-0.2, -0.15) is 5.10 Å². The van der Waals surface area contributed by atoms with E-state index in [0.29, 0.717) is 17.9 Å². The minimum atomic E-state index is -0.0424. The molecule has 2 N–H and O–H groups in total. The van der Waals surface area contributed by atoms with Crippen LogP contribution in [-0.2, 0) is 4.79 Å². The summed E-state index contributed by atoms with van der Waals surface area (Å²) < 4.78 is 5.29. The van der Waals surface area contributed by atoms with Crippen LogP contribution in [0.2, 0.25) is 0 Å². The molecule has 1 fully saturated rings. The maximum Gasteiger partial charge on any atom is 0.243 e. The van der Waals surface area contributed by atoms with Crippen molar-refractivity contribution in [1.29, 1.82) is 0 Å². The predicted octanol–water partition coefficient (Wildman–Crippen LogP) is 2.43. The maximum atomic E-state index is 11.8. The molecular weight excluding hydrogens is 256 g/mol. The van der Waals surface area contributed by atoms with Crippen LogP contribution in [0, 0.1) is 5.92 Å². The van der Waals surface area contributed by atoms with Crippen LogP contribution >= 0.6 is 0 Å². The largest absolute Gasteiger partial charge is 0.504 e. The number of rotatable bonds is 5. The third-order valence-corrected chi connectivity index (χ3v) is 3.43. The Morgan fingerprint density at radius 2 is 2.25 bits per heavy atom. The minimum absolute atomic E-state index is 0.0354. The van der Waals surface area contributed by atoms with Gasteiger partial charge in [-0.3, -0.25) is 4.79 Å². The molecule has 1 amide bonds. The summed E-state index contributed by atoms with van der Waals surface area (Å²) in [7, 11) is 0. The molecule has 0 aliphatic heterocycles. The molecule has 0 atom stereocenters. The number of nitrogens with one attached hydrogen (secondary N) is 1. The van der Waals surface area contributed by atoms with Crippen molar-refractivity contribution in [2.45, 2.75) is 32.6 Å². The van der Waals surface area contributed by atoms with E-state index in [1.54, 1.807) is 18.2 Å². The normalized spacial score (nSPS) is 15.7. The molecule has 0 radical (unpaired) electrons. The monoisotopic (exact) mass is 276 g/mol. The maximum absolute atomic E-state index is 11.8. The van der Waals surface area contributed by atoms with E-state index in [-0.39, 0.29) is 17.6 Å². The van der Waals surface area contributed by atoms with E-state index < -0.39 is 0 Å². The van der Waals surface area contributed by atoms with Gasteiger partial charge < -0.3 is 9.84 Å². The number of amides is 1. The first-order valence-electron chi connectivity index (χ1n) is 7.00. The SMILES string of the molecule is CCOc1cccc(/C=N/NC(=O)C2CCCC2)c1O. The average Bonchev–Trinajstić information content (AvgIpc) is 2.97. The second-order valence-electron chi connectivity index (χ2n) is 4.84. The number of nitrogens with zero attached hydrogens (tertiary/aromatic N) is 1. The van der Waals surface area contributed by atoms with Crippen LogP contribution in [-0.4, -0.2) is 23.8 Å². The van der Waals surface area contributed by atoms with Crippen molar-refractivity contribution in [2.24, 2.45) is 11.0 Å². The van der Waals surface area contributed by atoms with Crippen molar-refractivity contribution in [1.82, 2.24) is 5.43 Å². The van der Waals surface area contributed by atoms with Gasteiger partial charge in [0.2, 0.25) is 5.91 Å². The molecule has 0 aromatic heterocycles. The van der Waals surface area contributed by atoms with Crippen LogP contribution in [0.25, 0.3) is 0 Å². The molecule has 0 heterocycles. The topological polar surface area (TPSA) is 70.9 Å². The van der Waals surface area contributed by atoms with Crippen LogP contribution in [0.3, 0.4) is 0 Å². The smallest absolute Gasteiger partial charge is 0.243 e. The first kappa shape index (κ1) is 14.4. The lowest BCUT2D eigenvalue weighted by Gasteiger charge is -2.08. The number of hydrogen-bond donors (Lipinski definition) is 2. The Kier molecular flexibility index (Phi) is 4.98. The Morgan fingerprint density at radius 1 is 1.50 bits per heavy atom. The fraction of sp³-hybridized carbons (Fsp3) is 0.467. The zero-order valence-corrected chi connectivity index (χ0v) is 11.6. The van der Waals surface area contributed by atoms with Crippen LogP contribution in [0.4, 0.5) is 0 Å². The van der Waals surface area contributed by atoms with Gasteiger partial charge in [0.15, 0.2) is 11.5 Å². The van der Waals surface area contributed by atoms with E-state index in [2.05, 4.69) is 10.5 Å². The molecule has 0 saturated heterocycles. The Morgan fingerprint density at radius 3 is 2.95 bits per heavy atom. The first-order valence-corrected chi connectivity index (χ1v) is 7.00. The third kappa shape index (κ3) is 3.50. The van der Waals surface area contributed by atoms with E-state index in [9.17, 15) is 9.90 Å². The molecule has 1 aliphatic carbocycles. The number of hydrogen-bond acceptors (Lipinski definition) is 4. The molecule has 5 heteroatoms. The van der Waals surface area contributed by atoms with Crippen LogP contribution in [0.1, 0.15) is 38.2 Å². The Hall–Kier alpha value is -2.04. The Bertz CT molecular complexity index is 494. The van der Waals surface area contributed by atoms with Gasteiger partial charge in [-0.25, -0.2) is 5.43 Å². The average molecular weight is 276 g/mol. The van der Waals surface area contributed by atoms with Crippen LogP contribution in [0.15, 0.2) is 23.3 Å². The first-order chi connectivity index (χ1) is 9.72. The molecule has 0 spiro atoms. The number of hydrazone groups is 1. The summed E-state index contributed by atoms with van der Waals surface area (Å²) >= 11 is 0. The summed E-state index contributed by atoms with van der Waals surface area (Å²) in [5.41, 5.74) is 3.05. The van der Waals surface area contributed by atoms with Crippen molar-refractivity contribution in [2.75, 3.05) is 6.61 Å². The highest BCUT2D eigenvalue weighted by atomic mass is 16.5. The van der Waals surface area contributed by atoms with Gasteiger partial charge in [0.05, 0.1) is 12.8 Å². The second-order valence-corrected chi connectivity index (χ2v) is 4.84. The van der Waals surface area contributed by atoms with Crippen molar-refractivity contribution in [3.05, 3.63) is 23.8 Å². The van der Waals surface area contributed by atoms with Gasteiger partial charge in [0.25, 0.3) is 0 Å². The fourth-order valence-corrected chi connectivity index (χ4v) is 2.36. The molecule has 20 heavy (non-hydrogen) atoms. The summed E-state index contributed by atoms with van der Waals surface area (Å²) in [4.78, 5) is 11.8. The molecule has 2 rings (SSSR count). The highest BCUT2D eigenvalue weighted by Gasteiger charge is 2.22. The van der Waals surface area contributed by atoms with Gasteiger partial charge in [0.1, 0.15) is 0 Å². The number of carbonyl (C=O) groups excluding carboxylic acids is 1. The van der Waals surface area contributed by atoms with Gasteiger partial charge >= 0.3 is 0 Å². The number of phenols is 1. The standard InChI is InChI=1S/C15H20N2O3/c1-2-20-13-9-5-8-12(14(13)18)10-16-17-15(19)11-6-3-4-7-11/h5,8-11,18H,2-4,6-7H2,1H3,(H,17,19)/b16-10+. The third-order valence-electron chi connectivity index (χ3n) is 3.43. The summed E-state index contributed by atoms with van der Waals surface area (Å²) in [5.74, 6) is 0.487. The zero-order valence-electron chi connectivity index (χ0n) is 11.6. The lowest BCUT2D eigenvalue weighted by molar-refractivity contribution is -0.124. The lowest BCUT2D eigenvalue weighted by Crippen LogP contribution is -2.24. The minimum Gasteiger partial charge on any atom is -0.504 e. The summed E-state index contributed by atoms with van der Waals surface area (Å²) in [6, 6.07) is 5.17. The molecule has 1 saturated carbocycles. The van der Waals surface area contributed by atoms with Gasteiger partial charge in [0, 0.05) is 11.5 Å². The zero-order chi connectivity index (χ0) is 14.4. The van der Waals surface area contributed by atoms with Gasteiger partial charge in [-0.15, -0.1) is 0 Å². The summed E-state index contributed by atoms with van der Waals surface area (Å²) in [6.07, 6.45) is 5.53. The molecule has 108 valence electrons. The molecule has 0 bridgehead atoms. The Balaban J connectivity index is 1.97. The van der Waals surface area contributed by atoms with Gasteiger partial charge in [-0.05, 0) is 31.9 Å². The summed E-state index contributed by atoms with van der Waals surface area (Å²) in [5, 5.41) is 13.9. The molecular formula is C15H20N2O3. The number of benzene rings is 1.